The van der Waals surface area contributed by atoms with Crippen molar-refractivity contribution in [3.63, 3.8) is 0 Å². The largest absolute Gasteiger partial charge is 0.276 e. The Morgan fingerprint density at radius 1 is 1.19 bits per heavy atom. The average Bonchev–Trinajstić information content (AvgIpc) is 2.70. The van der Waals surface area contributed by atoms with Crippen LogP contribution in [0.1, 0.15) is 10.4 Å². The highest BCUT2D eigenvalue weighted by molar-refractivity contribution is 6.00. The number of hydrogen-bond acceptors (Lipinski definition) is 3. The van der Waals surface area contributed by atoms with Crippen LogP contribution < -0.4 is 5.43 Å². The smallest absolute Gasteiger partial charge is 0.267 e. The van der Waals surface area contributed by atoms with Gasteiger partial charge in [0.1, 0.15) is 29.9 Å². The third-order valence-corrected chi connectivity index (χ3v) is 1.84. The summed E-state index contributed by atoms with van der Waals surface area (Å²) in [6, 6.07) is 3.19. The van der Waals surface area contributed by atoms with Crippen LogP contribution in [-0.2, 0) is 0 Å². The van der Waals surface area contributed by atoms with E-state index in [1.165, 1.54) is 18.7 Å². The van der Waals surface area contributed by atoms with Gasteiger partial charge in [0.2, 0.25) is 0 Å². The molecule has 0 aliphatic rings. The molecule has 1 N–H and O–H groups in total. The lowest BCUT2D eigenvalue weighted by molar-refractivity contribution is 0.0999. The van der Waals surface area contributed by atoms with Gasteiger partial charge in [0, 0.05) is 0 Å². The van der Waals surface area contributed by atoms with Crippen LogP contribution in [0.2, 0.25) is 0 Å². The Labute approximate surface area is 88.7 Å². The first-order valence-corrected chi connectivity index (χ1v) is 4.28. The van der Waals surface area contributed by atoms with Crippen molar-refractivity contribution in [2.24, 2.45) is 0 Å². The molecular weight excluding hydrogens is 218 g/mol. The van der Waals surface area contributed by atoms with E-state index >= 15 is 0 Å². The van der Waals surface area contributed by atoms with Gasteiger partial charge < -0.3 is 0 Å². The Hall–Kier alpha value is -2.31. The molecule has 82 valence electrons. The van der Waals surface area contributed by atoms with Crippen LogP contribution in [0.4, 0.5) is 8.78 Å². The number of benzene rings is 1. The van der Waals surface area contributed by atoms with Crippen molar-refractivity contribution in [1.82, 2.24) is 14.9 Å². The minimum Gasteiger partial charge on any atom is -0.267 e. The molecule has 0 saturated carbocycles. The molecule has 2 aromatic rings. The van der Waals surface area contributed by atoms with Crippen molar-refractivity contribution in [2.75, 3.05) is 5.43 Å². The normalized spacial score (nSPS) is 10.1. The Morgan fingerprint density at radius 2 is 1.75 bits per heavy atom. The first-order chi connectivity index (χ1) is 7.68. The van der Waals surface area contributed by atoms with Crippen LogP contribution >= 0.6 is 0 Å². The molecular formula is C9H6F2N4O. The number of hydrogen-bond donors (Lipinski definition) is 1. The van der Waals surface area contributed by atoms with Crippen molar-refractivity contribution in [1.29, 1.82) is 0 Å². The maximum absolute atomic E-state index is 13.2. The maximum Gasteiger partial charge on any atom is 0.276 e. The summed E-state index contributed by atoms with van der Waals surface area (Å²) in [7, 11) is 0. The summed E-state index contributed by atoms with van der Waals surface area (Å²) >= 11 is 0. The second-order valence-corrected chi connectivity index (χ2v) is 2.91. The highest BCUT2D eigenvalue weighted by Gasteiger charge is 2.16. The molecule has 0 aliphatic carbocycles. The summed E-state index contributed by atoms with van der Waals surface area (Å²) in [5, 5.41) is 6.85. The first kappa shape index (κ1) is 10.2. The van der Waals surface area contributed by atoms with Gasteiger partial charge >= 0.3 is 0 Å². The summed E-state index contributed by atoms with van der Waals surface area (Å²) in [6.45, 7) is 0. The summed E-state index contributed by atoms with van der Waals surface area (Å²) in [5.74, 6) is -2.76. The predicted molar refractivity (Wildman–Crippen MR) is 50.1 cm³/mol. The molecule has 0 bridgehead atoms. The average molecular weight is 224 g/mol. The minimum absolute atomic E-state index is 0.642. The number of nitrogens with zero attached hydrogens (tertiary/aromatic N) is 3. The minimum atomic E-state index is -0.925. The van der Waals surface area contributed by atoms with Crippen LogP contribution in [0.25, 0.3) is 0 Å². The molecule has 1 aromatic heterocycles. The second kappa shape index (κ2) is 4.05. The van der Waals surface area contributed by atoms with Gasteiger partial charge in [-0.2, -0.15) is 0 Å². The van der Waals surface area contributed by atoms with Crippen LogP contribution in [-0.4, -0.2) is 20.8 Å². The number of nitrogens with one attached hydrogen (secondary N) is 1. The monoisotopic (exact) mass is 224 g/mol. The quantitative estimate of drug-likeness (QED) is 0.825. The zero-order valence-corrected chi connectivity index (χ0v) is 7.89. The lowest BCUT2D eigenvalue weighted by Crippen LogP contribution is -2.23. The van der Waals surface area contributed by atoms with Crippen molar-refractivity contribution < 1.29 is 13.6 Å². The van der Waals surface area contributed by atoms with Gasteiger partial charge in [-0.15, -0.1) is 10.2 Å². The molecule has 16 heavy (non-hydrogen) atoms. The predicted octanol–water partition coefficient (Wildman–Crippen LogP) is 0.940. The lowest BCUT2D eigenvalue weighted by atomic mass is 10.2. The van der Waals surface area contributed by atoms with E-state index in [9.17, 15) is 13.6 Å². The zero-order chi connectivity index (χ0) is 11.5. The van der Waals surface area contributed by atoms with Gasteiger partial charge in [-0.1, -0.05) is 6.07 Å². The van der Waals surface area contributed by atoms with Gasteiger partial charge in [0.15, 0.2) is 0 Å². The third-order valence-electron chi connectivity index (χ3n) is 1.84. The standard InChI is InChI=1S/C9H6F2N4O/c10-6-2-1-3-7(11)8(6)9(16)14-15-4-12-13-5-15/h1-5H,(H,14,16). The number of amides is 1. The van der Waals surface area contributed by atoms with Crippen molar-refractivity contribution in [3.05, 3.63) is 48.1 Å². The molecule has 0 radical (unpaired) electrons. The van der Waals surface area contributed by atoms with Crippen LogP contribution in [0.15, 0.2) is 30.9 Å². The molecule has 0 unspecified atom stereocenters. The van der Waals surface area contributed by atoms with Gasteiger partial charge in [-0.05, 0) is 12.1 Å². The fourth-order valence-electron chi connectivity index (χ4n) is 1.15. The third kappa shape index (κ3) is 1.88. The molecule has 2 rings (SSSR count). The summed E-state index contributed by atoms with van der Waals surface area (Å²) in [5.41, 5.74) is 1.55. The molecule has 5 nitrogen and oxygen atoms in total. The fraction of sp³-hybridized carbons (Fsp3) is 0. The summed E-state index contributed by atoms with van der Waals surface area (Å²) in [4.78, 5) is 11.5. The van der Waals surface area contributed by atoms with Crippen LogP contribution in [0, 0.1) is 11.6 Å². The van der Waals surface area contributed by atoms with Crippen molar-refractivity contribution in [2.45, 2.75) is 0 Å². The molecule has 0 aliphatic heterocycles. The zero-order valence-electron chi connectivity index (χ0n) is 7.89. The van der Waals surface area contributed by atoms with Gasteiger partial charge in [-0.25, -0.2) is 13.5 Å². The Kier molecular flexibility index (Phi) is 2.59. The van der Waals surface area contributed by atoms with E-state index in [2.05, 4.69) is 15.6 Å². The fourth-order valence-corrected chi connectivity index (χ4v) is 1.15. The van der Waals surface area contributed by atoms with Crippen LogP contribution in [0.3, 0.4) is 0 Å². The molecule has 0 fully saturated rings. The number of aromatic nitrogens is 3. The van der Waals surface area contributed by atoms with E-state index in [-0.39, 0.29) is 0 Å². The van der Waals surface area contributed by atoms with Crippen LogP contribution in [0.5, 0.6) is 0 Å². The molecule has 0 atom stereocenters. The Morgan fingerprint density at radius 3 is 2.31 bits per heavy atom. The Bertz CT molecular complexity index is 492. The second-order valence-electron chi connectivity index (χ2n) is 2.91. The summed E-state index contributed by atoms with van der Waals surface area (Å²) < 4.78 is 27.5. The summed E-state index contributed by atoms with van der Waals surface area (Å²) in [6.07, 6.45) is 2.38. The SMILES string of the molecule is O=C(Nn1cnnc1)c1c(F)cccc1F. The molecule has 7 heteroatoms. The van der Waals surface area contributed by atoms with Gasteiger partial charge in [0.05, 0.1) is 0 Å². The highest BCUT2D eigenvalue weighted by atomic mass is 19.1. The van der Waals surface area contributed by atoms with E-state index in [4.69, 9.17) is 0 Å². The van der Waals surface area contributed by atoms with E-state index < -0.39 is 23.1 Å². The van der Waals surface area contributed by atoms with E-state index in [1.807, 2.05) is 0 Å². The number of carbonyl (C=O) groups is 1. The van der Waals surface area contributed by atoms with E-state index in [1.54, 1.807) is 0 Å². The molecule has 1 amide bonds. The number of carbonyl (C=O) groups excluding carboxylic acids is 1. The number of halogens is 2. The molecule has 1 aromatic carbocycles. The Balaban J connectivity index is 2.28. The maximum atomic E-state index is 13.2. The highest BCUT2D eigenvalue weighted by Crippen LogP contribution is 2.11. The number of rotatable bonds is 2. The topological polar surface area (TPSA) is 59.8 Å². The first-order valence-electron chi connectivity index (χ1n) is 4.28. The molecule has 1 heterocycles. The van der Waals surface area contributed by atoms with E-state index in [0.29, 0.717) is 0 Å². The van der Waals surface area contributed by atoms with E-state index in [0.717, 1.165) is 16.8 Å². The van der Waals surface area contributed by atoms with Gasteiger partial charge in [-0.3, -0.25) is 10.2 Å². The van der Waals surface area contributed by atoms with Crippen molar-refractivity contribution >= 4 is 5.91 Å². The van der Waals surface area contributed by atoms with Crippen molar-refractivity contribution in [3.8, 4) is 0 Å². The van der Waals surface area contributed by atoms with Gasteiger partial charge in [0.25, 0.3) is 5.91 Å². The molecule has 0 saturated heterocycles. The lowest BCUT2D eigenvalue weighted by Gasteiger charge is -2.06. The molecule has 0 spiro atoms.